The molecule has 1 amide bonds. The van der Waals surface area contributed by atoms with Crippen LogP contribution in [0.3, 0.4) is 0 Å². The van der Waals surface area contributed by atoms with Gasteiger partial charge in [-0.15, -0.1) is 0 Å². The Kier molecular flexibility index (Phi) is 5.28. The minimum atomic E-state index is 0.109. The molecule has 1 aliphatic heterocycles. The molecule has 0 aliphatic carbocycles. The highest BCUT2D eigenvalue weighted by Gasteiger charge is 2.30. The Bertz CT molecular complexity index is 503. The molecule has 0 saturated carbocycles. The normalized spacial score (nSPS) is 22.4. The molecule has 1 aromatic heterocycles. The molecule has 0 spiro atoms. The zero-order valence-electron chi connectivity index (χ0n) is 13.5. The minimum Gasteiger partial charge on any atom is -0.338 e. The van der Waals surface area contributed by atoms with Crippen molar-refractivity contribution in [1.29, 1.82) is 0 Å². The van der Waals surface area contributed by atoms with E-state index in [4.69, 9.17) is 0 Å². The van der Waals surface area contributed by atoms with Crippen molar-refractivity contribution in [3.05, 3.63) is 23.0 Å². The van der Waals surface area contributed by atoms with E-state index in [1.807, 2.05) is 31.9 Å². The van der Waals surface area contributed by atoms with Crippen LogP contribution in [0.4, 0.5) is 0 Å². The lowest BCUT2D eigenvalue weighted by molar-refractivity contribution is 0.0629. The number of nitrogens with zero attached hydrogens (tertiary/aromatic N) is 3. The summed E-state index contributed by atoms with van der Waals surface area (Å²) in [5.41, 5.74) is 2.32. The fourth-order valence-electron chi connectivity index (χ4n) is 3.14. The second kappa shape index (κ2) is 6.98. The van der Waals surface area contributed by atoms with Gasteiger partial charge in [-0.05, 0) is 38.8 Å². The topological polar surface area (TPSA) is 58.1 Å². The van der Waals surface area contributed by atoms with Gasteiger partial charge in [-0.2, -0.15) is 10.2 Å². The average Bonchev–Trinajstić information content (AvgIpc) is 2.53. The van der Waals surface area contributed by atoms with E-state index in [0.717, 1.165) is 49.3 Å². The van der Waals surface area contributed by atoms with Gasteiger partial charge in [0.2, 0.25) is 0 Å². The standard InChI is InChI=1S/C16H26N4O/c1-5-12-10-20(8-7-15(12)17-4)16(21)13-9-11(3)18-19-14(13)6-2/h9,12,15,17H,5-8,10H2,1-4H3. The smallest absolute Gasteiger partial charge is 0.255 e. The summed E-state index contributed by atoms with van der Waals surface area (Å²) in [5.74, 6) is 0.631. The lowest BCUT2D eigenvalue weighted by Crippen LogP contribution is -2.50. The number of amides is 1. The lowest BCUT2D eigenvalue weighted by Gasteiger charge is -2.38. The van der Waals surface area contributed by atoms with Gasteiger partial charge in [0, 0.05) is 19.1 Å². The molecule has 1 N–H and O–H groups in total. The number of carbonyl (C=O) groups is 1. The summed E-state index contributed by atoms with van der Waals surface area (Å²) in [7, 11) is 2.01. The van der Waals surface area contributed by atoms with Crippen LogP contribution in [0, 0.1) is 12.8 Å². The van der Waals surface area contributed by atoms with Gasteiger partial charge < -0.3 is 10.2 Å². The molecule has 5 nitrogen and oxygen atoms in total. The Morgan fingerprint density at radius 2 is 2.19 bits per heavy atom. The van der Waals surface area contributed by atoms with Crippen LogP contribution in [-0.4, -0.2) is 47.2 Å². The molecule has 2 atom stereocenters. The van der Waals surface area contributed by atoms with Gasteiger partial charge in [0.25, 0.3) is 5.91 Å². The van der Waals surface area contributed by atoms with Gasteiger partial charge in [0.1, 0.15) is 0 Å². The van der Waals surface area contributed by atoms with Crippen molar-refractivity contribution in [1.82, 2.24) is 20.4 Å². The summed E-state index contributed by atoms with van der Waals surface area (Å²) in [6.45, 7) is 7.72. The molecule has 1 aliphatic rings. The van der Waals surface area contributed by atoms with E-state index in [0.29, 0.717) is 12.0 Å². The van der Waals surface area contributed by atoms with Crippen LogP contribution in [0.5, 0.6) is 0 Å². The number of nitrogens with one attached hydrogen (secondary N) is 1. The predicted octanol–water partition coefficient (Wildman–Crippen LogP) is 1.81. The first-order valence-electron chi connectivity index (χ1n) is 7.90. The van der Waals surface area contributed by atoms with Gasteiger partial charge in [-0.25, -0.2) is 0 Å². The second-order valence-corrected chi connectivity index (χ2v) is 5.80. The molecule has 116 valence electrons. The van der Waals surface area contributed by atoms with E-state index < -0.39 is 0 Å². The first-order chi connectivity index (χ1) is 10.1. The number of aromatic nitrogens is 2. The molecule has 5 heteroatoms. The van der Waals surface area contributed by atoms with Crippen molar-refractivity contribution in [2.24, 2.45) is 5.92 Å². The fraction of sp³-hybridized carbons (Fsp3) is 0.688. The first kappa shape index (κ1) is 15.9. The van der Waals surface area contributed by atoms with Gasteiger partial charge in [-0.1, -0.05) is 20.3 Å². The van der Waals surface area contributed by atoms with Crippen LogP contribution in [0.25, 0.3) is 0 Å². The zero-order valence-corrected chi connectivity index (χ0v) is 13.5. The summed E-state index contributed by atoms with van der Waals surface area (Å²) in [5, 5.41) is 11.6. The Morgan fingerprint density at radius 3 is 2.81 bits per heavy atom. The monoisotopic (exact) mass is 290 g/mol. The van der Waals surface area contributed by atoms with Gasteiger partial charge >= 0.3 is 0 Å². The van der Waals surface area contributed by atoms with Crippen LogP contribution >= 0.6 is 0 Å². The maximum atomic E-state index is 12.8. The summed E-state index contributed by atoms with van der Waals surface area (Å²) in [4.78, 5) is 14.8. The molecular weight excluding hydrogens is 264 g/mol. The zero-order chi connectivity index (χ0) is 15.4. The first-order valence-corrected chi connectivity index (χ1v) is 7.90. The molecule has 1 aromatic rings. The number of carbonyl (C=O) groups excluding carboxylic acids is 1. The summed E-state index contributed by atoms with van der Waals surface area (Å²) < 4.78 is 0. The number of hydrogen-bond donors (Lipinski definition) is 1. The molecule has 0 aromatic carbocycles. The highest BCUT2D eigenvalue weighted by atomic mass is 16.2. The minimum absolute atomic E-state index is 0.109. The van der Waals surface area contributed by atoms with Crippen LogP contribution < -0.4 is 5.32 Å². The van der Waals surface area contributed by atoms with Crippen molar-refractivity contribution in [3.8, 4) is 0 Å². The van der Waals surface area contributed by atoms with Gasteiger partial charge in [0.15, 0.2) is 0 Å². The number of piperidine rings is 1. The van der Waals surface area contributed by atoms with E-state index in [9.17, 15) is 4.79 Å². The van der Waals surface area contributed by atoms with E-state index in [1.165, 1.54) is 0 Å². The summed E-state index contributed by atoms with van der Waals surface area (Å²) in [6, 6.07) is 2.39. The Hall–Kier alpha value is -1.49. The molecule has 0 radical (unpaired) electrons. The van der Waals surface area contributed by atoms with Crippen molar-refractivity contribution < 1.29 is 4.79 Å². The quantitative estimate of drug-likeness (QED) is 0.919. The van der Waals surface area contributed by atoms with Crippen LogP contribution in [0.2, 0.25) is 0 Å². The number of likely N-dealkylation sites (tertiary alicyclic amines) is 1. The second-order valence-electron chi connectivity index (χ2n) is 5.80. The molecule has 21 heavy (non-hydrogen) atoms. The molecule has 2 unspecified atom stereocenters. The van der Waals surface area contributed by atoms with Crippen LogP contribution in [-0.2, 0) is 6.42 Å². The van der Waals surface area contributed by atoms with Crippen LogP contribution in [0.15, 0.2) is 6.07 Å². The number of rotatable bonds is 4. The fourth-order valence-corrected chi connectivity index (χ4v) is 3.14. The molecule has 2 rings (SSSR count). The highest BCUT2D eigenvalue weighted by molar-refractivity contribution is 5.95. The number of aryl methyl sites for hydroxylation is 2. The molecular formula is C16H26N4O. The van der Waals surface area contributed by atoms with Gasteiger partial charge in [0.05, 0.1) is 17.0 Å². The molecule has 1 saturated heterocycles. The predicted molar refractivity (Wildman–Crippen MR) is 83.3 cm³/mol. The largest absolute Gasteiger partial charge is 0.338 e. The highest BCUT2D eigenvalue weighted by Crippen LogP contribution is 2.22. The Morgan fingerprint density at radius 1 is 1.43 bits per heavy atom. The SMILES string of the molecule is CCc1nnc(C)cc1C(=O)N1CCC(NC)C(CC)C1. The third-order valence-electron chi connectivity index (χ3n) is 4.47. The van der Waals surface area contributed by atoms with Crippen molar-refractivity contribution in [2.75, 3.05) is 20.1 Å². The van der Waals surface area contributed by atoms with Crippen molar-refractivity contribution >= 4 is 5.91 Å². The summed E-state index contributed by atoms with van der Waals surface area (Å²) >= 11 is 0. The van der Waals surface area contributed by atoms with E-state index in [-0.39, 0.29) is 5.91 Å². The lowest BCUT2D eigenvalue weighted by atomic mass is 9.89. The van der Waals surface area contributed by atoms with Crippen molar-refractivity contribution in [3.63, 3.8) is 0 Å². The van der Waals surface area contributed by atoms with E-state index in [1.54, 1.807) is 0 Å². The van der Waals surface area contributed by atoms with Crippen LogP contribution in [0.1, 0.15) is 48.4 Å². The maximum absolute atomic E-state index is 12.8. The Balaban J connectivity index is 2.19. The average molecular weight is 290 g/mol. The maximum Gasteiger partial charge on any atom is 0.255 e. The van der Waals surface area contributed by atoms with E-state index in [2.05, 4.69) is 22.4 Å². The molecule has 0 bridgehead atoms. The molecule has 1 fully saturated rings. The Labute approximate surface area is 127 Å². The third kappa shape index (κ3) is 3.40. The number of hydrogen-bond acceptors (Lipinski definition) is 4. The van der Waals surface area contributed by atoms with E-state index >= 15 is 0 Å². The third-order valence-corrected chi connectivity index (χ3v) is 4.47. The summed E-state index contributed by atoms with van der Waals surface area (Å²) in [6.07, 6.45) is 2.84. The molecule has 2 heterocycles. The van der Waals surface area contributed by atoms with Crippen molar-refractivity contribution in [2.45, 2.75) is 46.1 Å². The van der Waals surface area contributed by atoms with Gasteiger partial charge in [-0.3, -0.25) is 4.79 Å².